The lowest BCUT2D eigenvalue weighted by Crippen LogP contribution is -2.47. The smallest absolute Gasteiger partial charge is 0.251 e. The molecule has 1 aliphatic carbocycles. The monoisotopic (exact) mass is 578 g/mol. The molecule has 11 nitrogen and oxygen atoms in total. The van der Waals surface area contributed by atoms with E-state index in [0.29, 0.717) is 23.1 Å². The van der Waals surface area contributed by atoms with Crippen molar-refractivity contribution in [1.82, 2.24) is 25.0 Å². The molecule has 2 heterocycles. The average molecular weight is 579 g/mol. The highest BCUT2D eigenvalue weighted by atomic mass is 32.2. The van der Waals surface area contributed by atoms with Crippen LogP contribution in [0.3, 0.4) is 0 Å². The van der Waals surface area contributed by atoms with E-state index >= 15 is 0 Å². The Labute approximate surface area is 238 Å². The number of sulfonamides is 1. The Kier molecular flexibility index (Phi) is 8.50. The summed E-state index contributed by atoms with van der Waals surface area (Å²) in [6.07, 6.45) is 5.88. The number of nitrogens with one attached hydrogen (secondary N) is 2. The van der Waals surface area contributed by atoms with Crippen molar-refractivity contribution in [1.29, 1.82) is 0 Å². The number of hydrogen-bond acceptors (Lipinski definition) is 7. The van der Waals surface area contributed by atoms with Crippen LogP contribution in [0.2, 0.25) is 0 Å². The largest absolute Gasteiger partial charge is 0.467 e. The van der Waals surface area contributed by atoms with Crippen LogP contribution >= 0.6 is 0 Å². The molecule has 41 heavy (non-hydrogen) atoms. The van der Waals surface area contributed by atoms with Gasteiger partial charge in [0.15, 0.2) is 6.04 Å². The van der Waals surface area contributed by atoms with E-state index in [0.717, 1.165) is 25.7 Å². The lowest BCUT2D eigenvalue weighted by Gasteiger charge is -2.31. The lowest BCUT2D eigenvalue weighted by molar-refractivity contribution is -0.127. The fourth-order valence-corrected chi connectivity index (χ4v) is 6.38. The number of para-hydroxylation sites is 1. The highest BCUT2D eigenvalue weighted by Gasteiger charge is 2.36. The molecule has 4 aromatic rings. The van der Waals surface area contributed by atoms with Crippen molar-refractivity contribution in [3.63, 3.8) is 0 Å². The van der Waals surface area contributed by atoms with Crippen molar-refractivity contribution in [2.75, 3.05) is 4.90 Å². The lowest BCUT2D eigenvalue weighted by atomic mass is 10.1. The summed E-state index contributed by atoms with van der Waals surface area (Å²) in [6, 6.07) is 15.2. The van der Waals surface area contributed by atoms with Gasteiger partial charge < -0.3 is 9.73 Å². The first-order valence-electron chi connectivity index (χ1n) is 13.8. The summed E-state index contributed by atoms with van der Waals surface area (Å²) < 4.78 is 35.6. The molecule has 2 atom stereocenters. The average Bonchev–Trinajstić information content (AvgIpc) is 3.75. The van der Waals surface area contributed by atoms with Crippen molar-refractivity contribution in [2.24, 2.45) is 0 Å². The van der Waals surface area contributed by atoms with Crippen molar-refractivity contribution < 1.29 is 22.4 Å². The molecule has 2 N–H and O–H groups in total. The number of hydrogen-bond donors (Lipinski definition) is 2. The fraction of sp³-hybridized carbons (Fsp3) is 0.379. The molecule has 0 spiro atoms. The number of rotatable bonds is 11. The van der Waals surface area contributed by atoms with Crippen LogP contribution in [0.25, 0.3) is 11.0 Å². The summed E-state index contributed by atoms with van der Waals surface area (Å²) in [5.41, 5.74) is 1.64. The minimum absolute atomic E-state index is 0.00956. The third-order valence-corrected chi connectivity index (χ3v) is 8.99. The Morgan fingerprint density at radius 1 is 1.07 bits per heavy atom. The van der Waals surface area contributed by atoms with Crippen molar-refractivity contribution in [3.8, 4) is 0 Å². The first-order chi connectivity index (χ1) is 19.8. The zero-order valence-corrected chi connectivity index (χ0v) is 23.9. The van der Waals surface area contributed by atoms with Crippen LogP contribution in [0.4, 0.5) is 5.69 Å². The molecule has 2 amide bonds. The number of benzene rings is 2. The molecule has 0 bridgehead atoms. The molecule has 1 aliphatic rings. The summed E-state index contributed by atoms with van der Waals surface area (Å²) in [6.45, 7) is 3.48. The normalized spacial score (nSPS) is 15.6. The Morgan fingerprint density at radius 2 is 1.80 bits per heavy atom. The maximum Gasteiger partial charge on any atom is 0.251 e. The van der Waals surface area contributed by atoms with Gasteiger partial charge in [0.2, 0.25) is 15.9 Å². The summed E-state index contributed by atoms with van der Waals surface area (Å²) in [5, 5.41) is 11.4. The molecule has 12 heteroatoms. The molecule has 2 unspecified atom stereocenters. The summed E-state index contributed by atoms with van der Waals surface area (Å²) in [4.78, 5) is 29.3. The van der Waals surface area contributed by atoms with Crippen LogP contribution in [0, 0.1) is 0 Å². The van der Waals surface area contributed by atoms with E-state index in [1.807, 2.05) is 25.1 Å². The summed E-state index contributed by atoms with van der Waals surface area (Å²) >= 11 is 0. The van der Waals surface area contributed by atoms with Gasteiger partial charge >= 0.3 is 0 Å². The van der Waals surface area contributed by atoms with Gasteiger partial charge in [-0.2, -0.15) is 0 Å². The molecule has 0 radical (unpaired) electrons. The van der Waals surface area contributed by atoms with E-state index in [-0.39, 0.29) is 35.2 Å². The highest BCUT2D eigenvalue weighted by Crippen LogP contribution is 2.31. The highest BCUT2D eigenvalue weighted by molar-refractivity contribution is 7.89. The number of amides is 2. The molecule has 5 rings (SSSR count). The number of carbonyl (C=O) groups is 2. The SMILES string of the molecule is CCC(C)NS(=O)(=O)c1ccc(N(C(=O)Cn2nnc3ccccc32)C(C(=O)NC2CCCC2)c2ccco2)cc1. The Morgan fingerprint density at radius 3 is 2.49 bits per heavy atom. The zero-order valence-electron chi connectivity index (χ0n) is 23.1. The van der Waals surface area contributed by atoms with Crippen LogP contribution in [-0.2, 0) is 26.2 Å². The van der Waals surface area contributed by atoms with Crippen molar-refractivity contribution in [2.45, 2.75) is 75.5 Å². The second-order valence-electron chi connectivity index (χ2n) is 10.3. The number of carbonyl (C=O) groups excluding carboxylic acids is 2. The standard InChI is InChI=1S/C29H34N6O5S/c1-3-20(2)32-41(38,39)23-16-14-22(15-17-23)35(27(36)19-34-25-12-7-6-11-24(25)31-33-34)28(26-13-8-18-40-26)29(37)30-21-9-4-5-10-21/h6-8,11-18,20-21,28,32H,3-5,9-10,19H2,1-2H3,(H,30,37). The van der Waals surface area contributed by atoms with E-state index in [4.69, 9.17) is 4.42 Å². The maximum atomic E-state index is 14.1. The van der Waals surface area contributed by atoms with Crippen molar-refractivity contribution in [3.05, 3.63) is 72.7 Å². The third-order valence-electron chi connectivity index (χ3n) is 7.39. The minimum Gasteiger partial charge on any atom is -0.467 e. The van der Waals surface area contributed by atoms with E-state index in [1.165, 1.54) is 40.1 Å². The number of aromatic nitrogens is 3. The van der Waals surface area contributed by atoms with Gasteiger partial charge in [-0.25, -0.2) is 17.8 Å². The number of nitrogens with zero attached hydrogens (tertiary/aromatic N) is 4. The second kappa shape index (κ2) is 12.2. The first-order valence-corrected chi connectivity index (χ1v) is 15.3. The molecule has 0 saturated heterocycles. The second-order valence-corrected chi connectivity index (χ2v) is 12.0. The first kappa shape index (κ1) is 28.5. The Balaban J connectivity index is 1.53. The van der Waals surface area contributed by atoms with Crippen LogP contribution < -0.4 is 14.9 Å². The predicted molar refractivity (Wildman–Crippen MR) is 153 cm³/mol. The van der Waals surface area contributed by atoms with Gasteiger partial charge in [-0.15, -0.1) is 5.10 Å². The zero-order chi connectivity index (χ0) is 29.0. The van der Waals surface area contributed by atoms with Crippen LogP contribution in [-0.4, -0.2) is 47.3 Å². The quantitative estimate of drug-likeness (QED) is 0.275. The van der Waals surface area contributed by atoms with Crippen molar-refractivity contribution >= 4 is 38.6 Å². The van der Waals surface area contributed by atoms with Gasteiger partial charge in [0.05, 0.1) is 16.7 Å². The molecular weight excluding hydrogens is 544 g/mol. The summed E-state index contributed by atoms with van der Waals surface area (Å²) in [7, 11) is -3.77. The van der Waals surface area contributed by atoms with Crippen LogP contribution in [0.1, 0.15) is 57.8 Å². The van der Waals surface area contributed by atoms with E-state index in [9.17, 15) is 18.0 Å². The molecule has 1 fully saturated rings. The predicted octanol–water partition coefficient (Wildman–Crippen LogP) is 3.93. The number of anilines is 1. The van der Waals surface area contributed by atoms with Crippen LogP contribution in [0.15, 0.2) is 76.2 Å². The number of fused-ring (bicyclic) bond motifs is 1. The molecule has 0 aliphatic heterocycles. The van der Waals surface area contributed by atoms with E-state index in [1.54, 1.807) is 25.1 Å². The van der Waals surface area contributed by atoms with E-state index in [2.05, 4.69) is 20.4 Å². The van der Waals surface area contributed by atoms with Gasteiger partial charge in [0.1, 0.15) is 17.8 Å². The molecule has 216 valence electrons. The topological polar surface area (TPSA) is 139 Å². The van der Waals surface area contributed by atoms with E-state index < -0.39 is 22.0 Å². The van der Waals surface area contributed by atoms with Crippen LogP contribution in [0.5, 0.6) is 0 Å². The Bertz CT molecular complexity index is 1590. The van der Waals surface area contributed by atoms with Gasteiger partial charge in [0.25, 0.3) is 5.91 Å². The maximum absolute atomic E-state index is 14.1. The Hall–Kier alpha value is -4.03. The number of furan rings is 1. The van der Waals surface area contributed by atoms with Gasteiger partial charge in [-0.1, -0.05) is 37.1 Å². The third kappa shape index (κ3) is 6.33. The van der Waals surface area contributed by atoms with Gasteiger partial charge in [0, 0.05) is 17.8 Å². The van der Waals surface area contributed by atoms with Gasteiger partial charge in [-0.3, -0.25) is 14.5 Å². The molecule has 2 aromatic heterocycles. The molecule has 1 saturated carbocycles. The molecule has 2 aromatic carbocycles. The van der Waals surface area contributed by atoms with Gasteiger partial charge in [-0.05, 0) is 74.7 Å². The molecular formula is C29H34N6O5S. The summed E-state index contributed by atoms with van der Waals surface area (Å²) in [5.74, 6) is -0.539. The fourth-order valence-electron chi connectivity index (χ4n) is 5.05. The minimum atomic E-state index is -3.77.